The van der Waals surface area contributed by atoms with E-state index in [1.807, 2.05) is 24.3 Å². The molecule has 2 nitrogen and oxygen atoms in total. The number of hydrogen-bond donors (Lipinski definition) is 2. The predicted octanol–water partition coefficient (Wildman–Crippen LogP) is 8.16. The second-order valence-electron chi connectivity index (χ2n) is 8.59. The van der Waals surface area contributed by atoms with Crippen LogP contribution in [-0.4, -0.2) is 0 Å². The third-order valence-corrected chi connectivity index (χ3v) is 6.61. The van der Waals surface area contributed by atoms with Crippen molar-refractivity contribution >= 4 is 32.9 Å². The number of nitrogens with two attached hydrogens (primary N) is 2. The van der Waals surface area contributed by atoms with Crippen LogP contribution in [0.1, 0.15) is 0 Å². The lowest BCUT2D eigenvalue weighted by molar-refractivity contribution is 1.58. The summed E-state index contributed by atoms with van der Waals surface area (Å²) in [5, 5.41) is 4.54. The Morgan fingerprint density at radius 2 is 0.941 bits per heavy atom. The molecule has 0 heterocycles. The molecule has 4 N–H and O–H groups in total. The maximum Gasteiger partial charge on any atom is 0.0400 e. The lowest BCUT2D eigenvalue weighted by atomic mass is 9.83. The van der Waals surface area contributed by atoms with Crippen molar-refractivity contribution in [2.75, 3.05) is 11.5 Å². The van der Waals surface area contributed by atoms with E-state index in [0.717, 1.165) is 55.5 Å². The van der Waals surface area contributed by atoms with E-state index in [4.69, 9.17) is 11.5 Å². The van der Waals surface area contributed by atoms with E-state index in [1.165, 1.54) is 10.8 Å². The minimum Gasteiger partial charge on any atom is -0.398 e. The standard InChI is InChI=1S/C32H24N2/c33-29-19-18-28(25-14-6-7-15-26(25)29)31-24(22-9-2-1-3-10-22)17-20-30(34)32(31)27-16-8-12-21-11-4-5-13-23(21)27/h1-20H,33-34H2. The summed E-state index contributed by atoms with van der Waals surface area (Å²) in [5.74, 6) is 0. The van der Waals surface area contributed by atoms with Crippen molar-refractivity contribution in [3.8, 4) is 33.4 Å². The van der Waals surface area contributed by atoms with Crippen molar-refractivity contribution in [2.24, 2.45) is 0 Å². The van der Waals surface area contributed by atoms with Crippen LogP contribution in [0.2, 0.25) is 0 Å². The number of anilines is 2. The normalized spacial score (nSPS) is 11.2. The Hall–Kier alpha value is -4.56. The zero-order valence-corrected chi connectivity index (χ0v) is 18.7. The van der Waals surface area contributed by atoms with E-state index in [0.29, 0.717) is 0 Å². The molecule has 0 amide bonds. The van der Waals surface area contributed by atoms with Crippen LogP contribution in [0.25, 0.3) is 54.9 Å². The Kier molecular flexibility index (Phi) is 4.78. The molecule has 6 aromatic rings. The van der Waals surface area contributed by atoms with Gasteiger partial charge in [0.1, 0.15) is 0 Å². The van der Waals surface area contributed by atoms with Crippen molar-refractivity contribution < 1.29 is 0 Å². The van der Waals surface area contributed by atoms with Gasteiger partial charge in [0.25, 0.3) is 0 Å². The maximum atomic E-state index is 6.78. The van der Waals surface area contributed by atoms with E-state index < -0.39 is 0 Å². The van der Waals surface area contributed by atoms with Gasteiger partial charge < -0.3 is 11.5 Å². The topological polar surface area (TPSA) is 52.0 Å². The molecule has 0 atom stereocenters. The minimum absolute atomic E-state index is 0.756. The Bertz CT molecular complexity index is 1660. The van der Waals surface area contributed by atoms with Crippen LogP contribution < -0.4 is 11.5 Å². The highest BCUT2D eigenvalue weighted by Gasteiger charge is 2.20. The molecule has 0 fully saturated rings. The summed E-state index contributed by atoms with van der Waals surface area (Å²) < 4.78 is 0. The van der Waals surface area contributed by atoms with Crippen molar-refractivity contribution in [1.82, 2.24) is 0 Å². The Balaban J connectivity index is 1.80. The first-order valence-corrected chi connectivity index (χ1v) is 11.5. The second kappa shape index (κ2) is 8.09. The smallest absolute Gasteiger partial charge is 0.0400 e. The highest BCUT2D eigenvalue weighted by Crippen LogP contribution is 2.47. The molecule has 162 valence electrons. The van der Waals surface area contributed by atoms with Crippen molar-refractivity contribution in [3.63, 3.8) is 0 Å². The molecular formula is C32H24N2. The largest absolute Gasteiger partial charge is 0.398 e. The molecule has 0 aliphatic heterocycles. The molecule has 6 rings (SSSR count). The summed E-state index contributed by atoms with van der Waals surface area (Å²) in [4.78, 5) is 0. The average Bonchev–Trinajstić information content (AvgIpc) is 2.89. The third-order valence-electron chi connectivity index (χ3n) is 6.61. The average molecular weight is 437 g/mol. The molecule has 0 bridgehead atoms. The van der Waals surface area contributed by atoms with Gasteiger partial charge in [-0.15, -0.1) is 0 Å². The van der Waals surface area contributed by atoms with Crippen LogP contribution >= 0.6 is 0 Å². The van der Waals surface area contributed by atoms with Crippen LogP contribution in [0.3, 0.4) is 0 Å². The lowest BCUT2D eigenvalue weighted by Crippen LogP contribution is -1.98. The van der Waals surface area contributed by atoms with Gasteiger partial charge in [-0.3, -0.25) is 0 Å². The first-order valence-electron chi connectivity index (χ1n) is 11.5. The molecule has 0 saturated heterocycles. The highest BCUT2D eigenvalue weighted by atomic mass is 14.6. The Morgan fingerprint density at radius 3 is 1.76 bits per heavy atom. The van der Waals surface area contributed by atoms with Crippen LogP contribution in [0, 0.1) is 0 Å². The highest BCUT2D eigenvalue weighted by molar-refractivity contribution is 6.13. The van der Waals surface area contributed by atoms with E-state index in [-0.39, 0.29) is 0 Å². The van der Waals surface area contributed by atoms with Crippen LogP contribution in [-0.2, 0) is 0 Å². The number of nitrogen functional groups attached to an aromatic ring is 2. The summed E-state index contributed by atoms with van der Waals surface area (Å²) in [5.41, 5.74) is 21.4. The first-order chi connectivity index (χ1) is 16.7. The van der Waals surface area contributed by atoms with Gasteiger partial charge in [-0.25, -0.2) is 0 Å². The van der Waals surface area contributed by atoms with E-state index in [9.17, 15) is 0 Å². The summed E-state index contributed by atoms with van der Waals surface area (Å²) >= 11 is 0. The van der Waals surface area contributed by atoms with Gasteiger partial charge >= 0.3 is 0 Å². The fourth-order valence-corrected chi connectivity index (χ4v) is 5.03. The quantitative estimate of drug-likeness (QED) is 0.275. The molecule has 0 aliphatic rings. The van der Waals surface area contributed by atoms with Gasteiger partial charge in [0.15, 0.2) is 0 Å². The molecule has 0 saturated carbocycles. The van der Waals surface area contributed by atoms with Crippen molar-refractivity contribution in [1.29, 1.82) is 0 Å². The first kappa shape index (κ1) is 20.1. The summed E-state index contributed by atoms with van der Waals surface area (Å²) in [6.45, 7) is 0. The Labute approximate surface area is 199 Å². The van der Waals surface area contributed by atoms with Gasteiger partial charge in [-0.05, 0) is 50.5 Å². The second-order valence-corrected chi connectivity index (χ2v) is 8.59. The SMILES string of the molecule is Nc1ccc(-c2ccccc2)c(-c2ccc(N)c3ccccc23)c1-c1cccc2ccccc12. The number of rotatable bonds is 3. The molecule has 2 heteroatoms. The fourth-order valence-electron chi connectivity index (χ4n) is 5.03. The summed E-state index contributed by atoms with van der Waals surface area (Å²) in [6.07, 6.45) is 0. The number of benzene rings is 6. The van der Waals surface area contributed by atoms with Gasteiger partial charge in [-0.2, -0.15) is 0 Å². The molecule has 6 aromatic carbocycles. The van der Waals surface area contributed by atoms with Gasteiger partial charge in [-0.1, -0.05) is 109 Å². The molecule has 34 heavy (non-hydrogen) atoms. The summed E-state index contributed by atoms with van der Waals surface area (Å²) in [6, 6.07) is 42.0. The molecular weight excluding hydrogens is 412 g/mol. The van der Waals surface area contributed by atoms with Crippen LogP contribution in [0.4, 0.5) is 11.4 Å². The monoisotopic (exact) mass is 436 g/mol. The Morgan fingerprint density at radius 1 is 0.353 bits per heavy atom. The molecule has 0 spiro atoms. The van der Waals surface area contributed by atoms with Crippen molar-refractivity contribution in [3.05, 3.63) is 121 Å². The minimum atomic E-state index is 0.756. The molecule has 0 aromatic heterocycles. The van der Waals surface area contributed by atoms with E-state index in [1.54, 1.807) is 0 Å². The van der Waals surface area contributed by atoms with Gasteiger partial charge in [0, 0.05) is 27.9 Å². The number of fused-ring (bicyclic) bond motifs is 2. The summed E-state index contributed by atoms with van der Waals surface area (Å²) in [7, 11) is 0. The van der Waals surface area contributed by atoms with Crippen molar-refractivity contribution in [2.45, 2.75) is 0 Å². The maximum absolute atomic E-state index is 6.78. The fraction of sp³-hybridized carbons (Fsp3) is 0. The van der Waals surface area contributed by atoms with Gasteiger partial charge in [0.2, 0.25) is 0 Å². The van der Waals surface area contributed by atoms with E-state index >= 15 is 0 Å². The molecule has 0 unspecified atom stereocenters. The predicted molar refractivity (Wildman–Crippen MR) is 147 cm³/mol. The van der Waals surface area contributed by atoms with E-state index in [2.05, 4.69) is 97.1 Å². The lowest BCUT2D eigenvalue weighted by Gasteiger charge is -2.21. The molecule has 0 aliphatic carbocycles. The molecule has 0 radical (unpaired) electrons. The zero-order chi connectivity index (χ0) is 23.1. The van der Waals surface area contributed by atoms with Gasteiger partial charge in [0.05, 0.1) is 0 Å². The number of hydrogen-bond acceptors (Lipinski definition) is 2. The van der Waals surface area contributed by atoms with Crippen LogP contribution in [0.15, 0.2) is 121 Å². The zero-order valence-electron chi connectivity index (χ0n) is 18.7. The third kappa shape index (κ3) is 3.20. The van der Waals surface area contributed by atoms with Crippen LogP contribution in [0.5, 0.6) is 0 Å².